The second kappa shape index (κ2) is 8.46. The highest BCUT2D eigenvalue weighted by atomic mass is 16.4. The Hall–Kier alpha value is -2.63. The van der Waals surface area contributed by atoms with Crippen LogP contribution in [0.1, 0.15) is 28.7 Å². The number of hydrogen-bond acceptors (Lipinski definition) is 4. The third-order valence-corrected chi connectivity index (χ3v) is 4.55. The molecule has 134 valence electrons. The minimum absolute atomic E-state index is 0.558. The van der Waals surface area contributed by atoms with E-state index in [1.165, 1.54) is 30.4 Å². The van der Waals surface area contributed by atoms with Crippen LogP contribution in [-0.4, -0.2) is 41.1 Å². The van der Waals surface area contributed by atoms with Crippen LogP contribution in [0.5, 0.6) is 0 Å². The van der Waals surface area contributed by atoms with E-state index in [2.05, 4.69) is 36.3 Å². The van der Waals surface area contributed by atoms with Gasteiger partial charge < -0.3 is 15.5 Å². The van der Waals surface area contributed by atoms with Crippen LogP contribution in [0.15, 0.2) is 29.3 Å². The van der Waals surface area contributed by atoms with Crippen molar-refractivity contribution in [3.63, 3.8) is 0 Å². The summed E-state index contributed by atoms with van der Waals surface area (Å²) in [5.41, 5.74) is 6.03. The van der Waals surface area contributed by atoms with E-state index in [1.54, 1.807) is 11.1 Å². The van der Waals surface area contributed by atoms with Crippen LogP contribution < -0.4 is 5.32 Å². The number of carboxylic acids is 2. The topological polar surface area (TPSA) is 99.0 Å². The Kier molecular flexibility index (Phi) is 6.33. The highest BCUT2D eigenvalue weighted by Gasteiger charge is 2.25. The highest BCUT2D eigenvalue weighted by Crippen LogP contribution is 2.31. The smallest absolute Gasteiger partial charge is 0.328 e. The lowest BCUT2D eigenvalue weighted by Crippen LogP contribution is -2.27. The van der Waals surface area contributed by atoms with E-state index in [9.17, 15) is 9.59 Å². The summed E-state index contributed by atoms with van der Waals surface area (Å²) in [6, 6.07) is 5.36. The Morgan fingerprint density at radius 2 is 1.64 bits per heavy atom. The maximum absolute atomic E-state index is 9.55. The van der Waals surface area contributed by atoms with E-state index >= 15 is 0 Å². The number of nitrogens with zero attached hydrogens (tertiary/aromatic N) is 1. The summed E-state index contributed by atoms with van der Waals surface area (Å²) in [5, 5.41) is 19.0. The molecule has 0 saturated carbocycles. The molecule has 1 atom stereocenters. The van der Waals surface area contributed by atoms with Gasteiger partial charge in [0.2, 0.25) is 0 Å². The van der Waals surface area contributed by atoms with E-state index in [0.717, 1.165) is 12.5 Å². The summed E-state index contributed by atoms with van der Waals surface area (Å²) >= 11 is 0. The zero-order valence-electron chi connectivity index (χ0n) is 14.5. The van der Waals surface area contributed by atoms with Crippen molar-refractivity contribution in [2.75, 3.05) is 6.54 Å². The number of carboxylic acid groups (broad SMARTS) is 2. The summed E-state index contributed by atoms with van der Waals surface area (Å²) < 4.78 is 0. The zero-order chi connectivity index (χ0) is 18.4. The predicted octanol–water partition coefficient (Wildman–Crippen LogP) is 2.12. The molecule has 3 N–H and O–H groups in total. The monoisotopic (exact) mass is 344 g/mol. The van der Waals surface area contributed by atoms with E-state index in [4.69, 9.17) is 10.2 Å². The van der Waals surface area contributed by atoms with Crippen LogP contribution in [0.4, 0.5) is 0 Å². The van der Waals surface area contributed by atoms with Crippen molar-refractivity contribution in [2.24, 2.45) is 10.9 Å². The predicted molar refractivity (Wildman–Crippen MR) is 96.1 cm³/mol. The molecule has 0 amide bonds. The van der Waals surface area contributed by atoms with Crippen molar-refractivity contribution < 1.29 is 19.8 Å². The molecule has 1 aromatic carbocycles. The van der Waals surface area contributed by atoms with Crippen molar-refractivity contribution in [3.05, 3.63) is 46.5 Å². The fourth-order valence-electron chi connectivity index (χ4n) is 3.25. The number of nitrogens with one attached hydrogen (secondary N) is 1. The summed E-state index contributed by atoms with van der Waals surface area (Å²) in [5.74, 6) is -1.70. The maximum atomic E-state index is 9.55. The Labute approximate surface area is 147 Å². The molecule has 1 heterocycles. The van der Waals surface area contributed by atoms with Gasteiger partial charge in [-0.2, -0.15) is 0 Å². The number of fused-ring (bicyclic) bond motifs is 1. The van der Waals surface area contributed by atoms with Gasteiger partial charge in [0.1, 0.15) is 0 Å². The number of hydrogen-bond donors (Lipinski definition) is 3. The lowest BCUT2D eigenvalue weighted by Gasteiger charge is -2.14. The minimum Gasteiger partial charge on any atom is -0.478 e. The minimum atomic E-state index is -1.26. The van der Waals surface area contributed by atoms with Gasteiger partial charge in [-0.25, -0.2) is 9.59 Å². The van der Waals surface area contributed by atoms with Gasteiger partial charge in [0, 0.05) is 18.2 Å². The number of aryl methyl sites for hydroxylation is 2. The summed E-state index contributed by atoms with van der Waals surface area (Å²) in [6.07, 6.45) is 6.75. The molecule has 1 aliphatic heterocycles. The van der Waals surface area contributed by atoms with Gasteiger partial charge in [-0.15, -0.1) is 0 Å². The molecule has 1 aliphatic carbocycles. The molecule has 0 spiro atoms. The summed E-state index contributed by atoms with van der Waals surface area (Å²) in [4.78, 5) is 23.4. The molecule has 6 heteroatoms. The Balaban J connectivity index is 0.000000242. The molecule has 0 radical (unpaired) electrons. The van der Waals surface area contributed by atoms with Gasteiger partial charge in [-0.05, 0) is 61.3 Å². The van der Waals surface area contributed by atoms with Crippen LogP contribution in [0.2, 0.25) is 0 Å². The normalized spacial score (nSPS) is 18.6. The first kappa shape index (κ1) is 18.7. The van der Waals surface area contributed by atoms with Gasteiger partial charge in [-0.1, -0.05) is 12.1 Å². The second-order valence-electron chi connectivity index (χ2n) is 6.58. The molecule has 0 aromatic heterocycles. The molecule has 25 heavy (non-hydrogen) atoms. The second-order valence-corrected chi connectivity index (χ2v) is 6.58. The van der Waals surface area contributed by atoms with E-state index in [0.29, 0.717) is 18.2 Å². The first-order valence-electron chi connectivity index (χ1n) is 8.32. The number of rotatable bonds is 4. The van der Waals surface area contributed by atoms with Crippen LogP contribution in [0.25, 0.3) is 0 Å². The van der Waals surface area contributed by atoms with Crippen LogP contribution in [0.3, 0.4) is 0 Å². The molecular weight excluding hydrogens is 320 g/mol. The van der Waals surface area contributed by atoms with Crippen molar-refractivity contribution >= 4 is 18.3 Å². The molecule has 6 nitrogen and oxygen atoms in total. The first-order chi connectivity index (χ1) is 11.8. The van der Waals surface area contributed by atoms with Crippen LogP contribution in [-0.2, 0) is 22.4 Å². The number of aliphatic carboxylic acids is 2. The van der Waals surface area contributed by atoms with E-state index < -0.39 is 11.9 Å². The molecular formula is C19H24N2O4. The number of benzene rings is 1. The van der Waals surface area contributed by atoms with Crippen LogP contribution >= 0.6 is 0 Å². The van der Waals surface area contributed by atoms with Gasteiger partial charge in [0.05, 0.1) is 12.9 Å². The lowest BCUT2D eigenvalue weighted by atomic mass is 9.97. The van der Waals surface area contributed by atoms with Crippen molar-refractivity contribution in [1.29, 1.82) is 0 Å². The van der Waals surface area contributed by atoms with Crippen molar-refractivity contribution in [3.8, 4) is 0 Å². The Bertz CT molecular complexity index is 655. The summed E-state index contributed by atoms with van der Waals surface area (Å²) in [6.45, 7) is 5.40. The van der Waals surface area contributed by atoms with Crippen LogP contribution in [0, 0.1) is 19.8 Å². The summed E-state index contributed by atoms with van der Waals surface area (Å²) in [7, 11) is 0. The number of aliphatic imine (C=N–C) groups is 1. The highest BCUT2D eigenvalue weighted by molar-refractivity contribution is 5.89. The van der Waals surface area contributed by atoms with Gasteiger partial charge >= 0.3 is 11.9 Å². The van der Waals surface area contributed by atoms with Crippen molar-refractivity contribution in [2.45, 2.75) is 39.2 Å². The maximum Gasteiger partial charge on any atom is 0.328 e. The fourth-order valence-corrected chi connectivity index (χ4v) is 3.25. The molecule has 0 fully saturated rings. The van der Waals surface area contributed by atoms with E-state index in [-0.39, 0.29) is 0 Å². The molecule has 0 bridgehead atoms. The Morgan fingerprint density at radius 1 is 1.12 bits per heavy atom. The van der Waals surface area contributed by atoms with E-state index in [1.807, 2.05) is 6.34 Å². The fraction of sp³-hybridized carbons (Fsp3) is 0.421. The first-order valence-corrected chi connectivity index (χ1v) is 8.32. The zero-order valence-corrected chi connectivity index (χ0v) is 14.5. The average molecular weight is 344 g/mol. The van der Waals surface area contributed by atoms with Gasteiger partial charge in [-0.3, -0.25) is 4.99 Å². The SMILES string of the molecule is Cc1cc2c(cc1C)CC(CC1CN=CN1)C2.O=C(O)/C=C/C(=O)O. The van der Waals surface area contributed by atoms with Gasteiger partial charge in [0.15, 0.2) is 0 Å². The average Bonchev–Trinajstić information content (AvgIpc) is 3.16. The molecule has 1 aromatic rings. The standard InChI is InChI=1S/C15H20N2.C4H4O4/c1-10-3-13-5-12(6-14(13)4-11(10)2)7-15-8-16-9-17-15;5-3(6)1-2-4(7)8/h3-4,9,12,15H,5-8H2,1-2H3,(H,16,17);1-2H,(H,5,6)(H,7,8)/b;2-1+. The third-order valence-electron chi connectivity index (χ3n) is 4.55. The Morgan fingerprint density at radius 3 is 2.04 bits per heavy atom. The number of carbonyl (C=O) groups is 2. The van der Waals surface area contributed by atoms with Gasteiger partial charge in [0.25, 0.3) is 0 Å². The third kappa shape index (κ3) is 5.74. The van der Waals surface area contributed by atoms with Crippen molar-refractivity contribution in [1.82, 2.24) is 5.32 Å². The molecule has 3 rings (SSSR count). The molecule has 2 aliphatic rings. The molecule has 1 unspecified atom stereocenters. The largest absolute Gasteiger partial charge is 0.478 e. The lowest BCUT2D eigenvalue weighted by molar-refractivity contribution is -0.134. The quantitative estimate of drug-likeness (QED) is 0.727. The molecule has 0 saturated heterocycles.